The maximum atomic E-state index is 11.2. The summed E-state index contributed by atoms with van der Waals surface area (Å²) in [5.74, 6) is 0.244. The molecule has 4 N–H and O–H groups in total. The van der Waals surface area contributed by atoms with Crippen LogP contribution in [0.3, 0.4) is 0 Å². The van der Waals surface area contributed by atoms with Crippen LogP contribution >= 0.6 is 11.3 Å². The SMILES string of the molecule is CC(C)(C)C1CCN(c2cc(N)c(C(N)=O)s2)C1. The normalized spacial score (nSPS) is 20.4. The molecule has 5 heteroatoms. The van der Waals surface area contributed by atoms with Crippen molar-refractivity contribution in [3.63, 3.8) is 0 Å². The Labute approximate surface area is 112 Å². The lowest BCUT2D eigenvalue weighted by molar-refractivity contribution is 0.100. The zero-order valence-corrected chi connectivity index (χ0v) is 12.0. The highest BCUT2D eigenvalue weighted by Crippen LogP contribution is 2.39. The van der Waals surface area contributed by atoms with Crippen molar-refractivity contribution in [2.75, 3.05) is 23.7 Å². The summed E-state index contributed by atoms with van der Waals surface area (Å²) in [6, 6.07) is 1.87. The summed E-state index contributed by atoms with van der Waals surface area (Å²) in [5.41, 5.74) is 11.9. The van der Waals surface area contributed by atoms with E-state index in [-0.39, 0.29) is 0 Å². The molecule has 1 aliphatic heterocycles. The second kappa shape index (κ2) is 4.46. The Bertz CT molecular complexity index is 461. The van der Waals surface area contributed by atoms with E-state index in [1.807, 2.05) is 6.07 Å². The van der Waals surface area contributed by atoms with Crippen LogP contribution in [0.15, 0.2) is 6.07 Å². The van der Waals surface area contributed by atoms with Crippen LogP contribution in [0.2, 0.25) is 0 Å². The Morgan fingerprint density at radius 2 is 2.17 bits per heavy atom. The van der Waals surface area contributed by atoms with Gasteiger partial charge in [0, 0.05) is 13.1 Å². The Kier molecular flexibility index (Phi) is 3.27. The van der Waals surface area contributed by atoms with Crippen LogP contribution in [0, 0.1) is 11.3 Å². The first kappa shape index (κ1) is 13.2. The fraction of sp³-hybridized carbons (Fsp3) is 0.615. The first-order chi connectivity index (χ1) is 8.29. The summed E-state index contributed by atoms with van der Waals surface area (Å²) in [6.45, 7) is 8.89. The van der Waals surface area contributed by atoms with Gasteiger partial charge in [0.25, 0.3) is 5.91 Å². The van der Waals surface area contributed by atoms with Crippen molar-refractivity contribution in [1.29, 1.82) is 0 Å². The van der Waals surface area contributed by atoms with Crippen molar-refractivity contribution in [3.05, 3.63) is 10.9 Å². The van der Waals surface area contributed by atoms with Crippen LogP contribution < -0.4 is 16.4 Å². The van der Waals surface area contributed by atoms with E-state index in [1.54, 1.807) is 0 Å². The number of nitrogen functional groups attached to an aromatic ring is 1. The molecule has 100 valence electrons. The first-order valence-corrected chi connectivity index (χ1v) is 7.04. The van der Waals surface area contributed by atoms with Crippen LogP contribution in [0.25, 0.3) is 0 Å². The van der Waals surface area contributed by atoms with E-state index in [9.17, 15) is 4.79 Å². The van der Waals surface area contributed by atoms with Gasteiger partial charge in [-0.05, 0) is 23.8 Å². The van der Waals surface area contributed by atoms with E-state index in [4.69, 9.17) is 11.5 Å². The third kappa shape index (κ3) is 2.46. The van der Waals surface area contributed by atoms with Gasteiger partial charge < -0.3 is 16.4 Å². The van der Waals surface area contributed by atoms with E-state index in [1.165, 1.54) is 17.8 Å². The van der Waals surface area contributed by atoms with Gasteiger partial charge in [0.15, 0.2) is 0 Å². The molecule has 2 heterocycles. The zero-order valence-electron chi connectivity index (χ0n) is 11.2. The van der Waals surface area contributed by atoms with Gasteiger partial charge in [0.1, 0.15) is 4.88 Å². The highest BCUT2D eigenvalue weighted by atomic mass is 32.1. The minimum atomic E-state index is -0.435. The Hall–Kier alpha value is -1.23. The second-order valence-electron chi connectivity index (χ2n) is 6.03. The number of amides is 1. The molecule has 1 amide bonds. The predicted molar refractivity (Wildman–Crippen MR) is 77.0 cm³/mol. The smallest absolute Gasteiger partial charge is 0.260 e. The molecule has 0 spiro atoms. The fourth-order valence-electron chi connectivity index (χ4n) is 2.41. The third-order valence-corrected chi connectivity index (χ3v) is 4.92. The van der Waals surface area contributed by atoms with Crippen LogP contribution in [-0.2, 0) is 0 Å². The summed E-state index contributed by atoms with van der Waals surface area (Å²) in [4.78, 5) is 14.0. The number of carbonyl (C=O) groups is 1. The minimum absolute atomic E-state index is 0.323. The molecular weight excluding hydrogens is 246 g/mol. The van der Waals surface area contributed by atoms with E-state index in [0.717, 1.165) is 18.1 Å². The summed E-state index contributed by atoms with van der Waals surface area (Å²) >= 11 is 1.40. The molecule has 1 aromatic heterocycles. The Balaban J connectivity index is 2.15. The molecule has 0 radical (unpaired) electrons. The van der Waals surface area contributed by atoms with Crippen molar-refractivity contribution >= 4 is 27.9 Å². The van der Waals surface area contributed by atoms with Gasteiger partial charge in [0.05, 0.1) is 10.7 Å². The van der Waals surface area contributed by atoms with E-state index in [2.05, 4.69) is 25.7 Å². The van der Waals surface area contributed by atoms with Gasteiger partial charge in [-0.3, -0.25) is 4.79 Å². The Morgan fingerprint density at radius 1 is 1.50 bits per heavy atom. The molecule has 1 unspecified atom stereocenters. The maximum Gasteiger partial charge on any atom is 0.260 e. The summed E-state index contributed by atoms with van der Waals surface area (Å²) in [7, 11) is 0. The number of rotatable bonds is 2. The molecule has 0 saturated carbocycles. The highest BCUT2D eigenvalue weighted by molar-refractivity contribution is 7.18. The number of nitrogens with zero attached hydrogens (tertiary/aromatic N) is 1. The Morgan fingerprint density at radius 3 is 2.61 bits per heavy atom. The number of hydrogen-bond acceptors (Lipinski definition) is 4. The highest BCUT2D eigenvalue weighted by Gasteiger charge is 2.32. The van der Waals surface area contributed by atoms with Crippen LogP contribution in [0.4, 0.5) is 10.7 Å². The molecule has 0 bridgehead atoms. The first-order valence-electron chi connectivity index (χ1n) is 6.23. The lowest BCUT2D eigenvalue weighted by atomic mass is 9.80. The maximum absolute atomic E-state index is 11.2. The summed E-state index contributed by atoms with van der Waals surface area (Å²) in [5, 5.41) is 1.06. The number of thiophene rings is 1. The molecule has 1 fully saturated rings. The second-order valence-corrected chi connectivity index (χ2v) is 7.06. The molecule has 2 rings (SSSR count). The van der Waals surface area contributed by atoms with Gasteiger partial charge in [-0.15, -0.1) is 11.3 Å². The van der Waals surface area contributed by atoms with Gasteiger partial charge >= 0.3 is 0 Å². The number of anilines is 2. The van der Waals surface area contributed by atoms with Crippen molar-refractivity contribution in [1.82, 2.24) is 0 Å². The van der Waals surface area contributed by atoms with E-state index in [0.29, 0.717) is 21.9 Å². The van der Waals surface area contributed by atoms with E-state index >= 15 is 0 Å². The average molecular weight is 267 g/mol. The van der Waals surface area contributed by atoms with Crippen LogP contribution in [-0.4, -0.2) is 19.0 Å². The summed E-state index contributed by atoms with van der Waals surface area (Å²) < 4.78 is 0. The minimum Gasteiger partial charge on any atom is -0.397 e. The third-order valence-electron chi connectivity index (χ3n) is 3.70. The predicted octanol–water partition coefficient (Wildman–Crippen LogP) is 2.30. The lowest BCUT2D eigenvalue weighted by Crippen LogP contribution is -2.25. The van der Waals surface area contributed by atoms with Gasteiger partial charge in [-0.25, -0.2) is 0 Å². The van der Waals surface area contributed by atoms with Crippen molar-refractivity contribution in [2.45, 2.75) is 27.2 Å². The lowest BCUT2D eigenvalue weighted by Gasteiger charge is -2.27. The van der Waals surface area contributed by atoms with Gasteiger partial charge in [0.2, 0.25) is 0 Å². The quantitative estimate of drug-likeness (QED) is 0.863. The monoisotopic (exact) mass is 267 g/mol. The molecule has 0 aromatic carbocycles. The molecule has 1 atom stereocenters. The zero-order chi connectivity index (χ0) is 13.5. The molecule has 1 aliphatic rings. The molecule has 18 heavy (non-hydrogen) atoms. The van der Waals surface area contributed by atoms with Gasteiger partial charge in [-0.2, -0.15) is 0 Å². The van der Waals surface area contributed by atoms with Crippen LogP contribution in [0.1, 0.15) is 36.9 Å². The summed E-state index contributed by atoms with van der Waals surface area (Å²) in [6.07, 6.45) is 1.19. The molecule has 4 nitrogen and oxygen atoms in total. The van der Waals surface area contributed by atoms with E-state index < -0.39 is 5.91 Å². The number of carbonyl (C=O) groups excluding carboxylic acids is 1. The average Bonchev–Trinajstić information content (AvgIpc) is 2.81. The standard InChI is InChI=1S/C13H21N3OS/c1-13(2,3)8-4-5-16(7-8)10-6-9(14)11(18-10)12(15)17/h6,8H,4-5,7,14H2,1-3H3,(H2,15,17). The molecule has 0 aliphatic carbocycles. The van der Waals surface area contributed by atoms with Crippen molar-refractivity contribution in [2.24, 2.45) is 17.1 Å². The largest absolute Gasteiger partial charge is 0.397 e. The topological polar surface area (TPSA) is 72.3 Å². The van der Waals surface area contributed by atoms with Crippen LogP contribution in [0.5, 0.6) is 0 Å². The fourth-order valence-corrected chi connectivity index (χ4v) is 3.37. The number of nitrogens with two attached hydrogens (primary N) is 2. The molecular formula is C13H21N3OS. The number of primary amides is 1. The molecule has 1 aromatic rings. The van der Waals surface area contributed by atoms with Crippen molar-refractivity contribution in [3.8, 4) is 0 Å². The van der Waals surface area contributed by atoms with Crippen molar-refractivity contribution < 1.29 is 4.79 Å². The number of hydrogen-bond donors (Lipinski definition) is 2. The molecule has 1 saturated heterocycles. The van der Waals surface area contributed by atoms with Gasteiger partial charge in [-0.1, -0.05) is 20.8 Å².